The molecule has 1 aliphatic rings. The Hall–Kier alpha value is -1.80. The number of hydrogen-bond donors (Lipinski definition) is 0. The summed E-state index contributed by atoms with van der Waals surface area (Å²) in [6, 6.07) is 0.560. The number of rotatable bonds is 6. The Balaban J connectivity index is 1.49. The first-order valence-electron chi connectivity index (χ1n) is 7.75. The molecule has 1 atom stereocenters. The molecular formula is C14H23N7O. The molecule has 1 fully saturated rings. The number of likely N-dealkylation sites (tertiary alicyclic amines) is 1. The molecule has 2 aromatic heterocycles. The van der Waals surface area contributed by atoms with Gasteiger partial charge in [-0.05, 0) is 26.4 Å². The van der Waals surface area contributed by atoms with Crippen molar-refractivity contribution >= 4 is 0 Å². The third-order valence-corrected chi connectivity index (χ3v) is 4.19. The Morgan fingerprint density at radius 3 is 3.09 bits per heavy atom. The van der Waals surface area contributed by atoms with Crippen molar-refractivity contribution in [2.75, 3.05) is 26.7 Å². The van der Waals surface area contributed by atoms with Crippen molar-refractivity contribution in [3.63, 3.8) is 0 Å². The highest BCUT2D eigenvalue weighted by molar-refractivity contribution is 4.87. The maximum atomic E-state index is 5.05. The third-order valence-electron chi connectivity index (χ3n) is 4.19. The molecule has 1 saturated heterocycles. The molecule has 1 aliphatic heterocycles. The second-order valence-corrected chi connectivity index (χ2v) is 5.90. The highest BCUT2D eigenvalue weighted by atomic mass is 16.5. The molecule has 0 N–H and O–H groups in total. The maximum absolute atomic E-state index is 5.05. The van der Waals surface area contributed by atoms with Crippen LogP contribution in [0.15, 0.2) is 17.2 Å². The third kappa shape index (κ3) is 3.89. The molecule has 8 heteroatoms. The van der Waals surface area contributed by atoms with Gasteiger partial charge in [0.2, 0.25) is 5.89 Å². The fourth-order valence-corrected chi connectivity index (χ4v) is 2.93. The number of aryl methyl sites for hydroxylation is 1. The van der Waals surface area contributed by atoms with E-state index in [1.54, 1.807) is 12.7 Å². The lowest BCUT2D eigenvalue weighted by atomic mass is 10.0. The van der Waals surface area contributed by atoms with Crippen LogP contribution in [-0.4, -0.2) is 67.4 Å². The van der Waals surface area contributed by atoms with Crippen LogP contribution in [-0.2, 0) is 13.1 Å². The molecule has 0 saturated carbocycles. The normalized spacial score (nSPS) is 19.9. The number of hydrogen-bond acceptors (Lipinski definition) is 7. The van der Waals surface area contributed by atoms with E-state index >= 15 is 0 Å². The Labute approximate surface area is 130 Å². The van der Waals surface area contributed by atoms with E-state index in [1.807, 2.05) is 11.6 Å². The lowest BCUT2D eigenvalue weighted by molar-refractivity contribution is 0.106. The van der Waals surface area contributed by atoms with Crippen molar-refractivity contribution in [3.8, 4) is 0 Å². The number of likely N-dealkylation sites (N-methyl/N-ethyl adjacent to an activating group) is 1. The first-order valence-corrected chi connectivity index (χ1v) is 7.75. The summed E-state index contributed by atoms with van der Waals surface area (Å²) in [6.45, 7) is 6.58. The molecule has 22 heavy (non-hydrogen) atoms. The first-order chi connectivity index (χ1) is 10.7. The quantitative estimate of drug-likeness (QED) is 0.772. The minimum atomic E-state index is 0.560. The van der Waals surface area contributed by atoms with E-state index < -0.39 is 0 Å². The van der Waals surface area contributed by atoms with Gasteiger partial charge in [0.15, 0.2) is 5.82 Å². The Morgan fingerprint density at radius 1 is 1.45 bits per heavy atom. The summed E-state index contributed by atoms with van der Waals surface area (Å²) in [6.07, 6.45) is 5.78. The van der Waals surface area contributed by atoms with Crippen LogP contribution >= 0.6 is 0 Å². The molecule has 2 aromatic rings. The molecule has 0 amide bonds. The Morgan fingerprint density at radius 2 is 2.36 bits per heavy atom. The molecule has 0 radical (unpaired) electrons. The molecule has 1 unspecified atom stereocenters. The molecule has 8 nitrogen and oxygen atoms in total. The summed E-state index contributed by atoms with van der Waals surface area (Å²) >= 11 is 0. The predicted octanol–water partition coefficient (Wildman–Crippen LogP) is 0.566. The van der Waals surface area contributed by atoms with Crippen LogP contribution in [0, 0.1) is 6.92 Å². The van der Waals surface area contributed by atoms with E-state index in [9.17, 15) is 0 Å². The molecule has 3 rings (SSSR count). The summed E-state index contributed by atoms with van der Waals surface area (Å²) in [7, 11) is 2.18. The van der Waals surface area contributed by atoms with Gasteiger partial charge in [0.25, 0.3) is 0 Å². The second-order valence-electron chi connectivity index (χ2n) is 5.90. The molecule has 3 heterocycles. The minimum Gasteiger partial charge on any atom is -0.340 e. The van der Waals surface area contributed by atoms with E-state index in [2.05, 4.69) is 37.1 Å². The van der Waals surface area contributed by atoms with Gasteiger partial charge in [-0.15, -0.1) is 0 Å². The molecule has 120 valence electrons. The highest BCUT2D eigenvalue weighted by Gasteiger charge is 2.24. The number of nitrogens with zero attached hydrogens (tertiary/aromatic N) is 7. The van der Waals surface area contributed by atoms with Gasteiger partial charge < -0.3 is 9.42 Å². The lowest BCUT2D eigenvalue weighted by Gasteiger charge is -2.37. The lowest BCUT2D eigenvalue weighted by Crippen LogP contribution is -2.47. The van der Waals surface area contributed by atoms with Crippen LogP contribution in [0.1, 0.15) is 24.6 Å². The maximum Gasteiger partial charge on any atom is 0.223 e. The van der Waals surface area contributed by atoms with Crippen molar-refractivity contribution in [2.45, 2.75) is 38.9 Å². The smallest absolute Gasteiger partial charge is 0.223 e. The standard InChI is InChI=1S/C14H23N7O/c1-12-17-14(18-22-12)9-20-5-3-4-13(8-20)19(2)6-7-21-11-15-10-16-21/h10-11,13H,3-9H2,1-2H3. The molecular weight excluding hydrogens is 282 g/mol. The van der Waals surface area contributed by atoms with E-state index in [0.717, 1.165) is 38.5 Å². The molecule has 0 bridgehead atoms. The summed E-state index contributed by atoms with van der Waals surface area (Å²) in [4.78, 5) is 13.1. The number of aromatic nitrogens is 5. The minimum absolute atomic E-state index is 0.560. The van der Waals surface area contributed by atoms with Crippen LogP contribution in [0.4, 0.5) is 0 Å². The molecule has 0 spiro atoms. The van der Waals surface area contributed by atoms with Gasteiger partial charge in [0, 0.05) is 26.1 Å². The van der Waals surface area contributed by atoms with E-state index in [4.69, 9.17) is 4.52 Å². The van der Waals surface area contributed by atoms with Crippen LogP contribution in [0.5, 0.6) is 0 Å². The first kappa shape index (κ1) is 15.1. The van der Waals surface area contributed by atoms with Crippen molar-refractivity contribution < 1.29 is 4.52 Å². The zero-order chi connectivity index (χ0) is 15.4. The van der Waals surface area contributed by atoms with Gasteiger partial charge in [-0.25, -0.2) is 4.98 Å². The predicted molar refractivity (Wildman–Crippen MR) is 80.0 cm³/mol. The average Bonchev–Trinajstić information content (AvgIpc) is 3.17. The topological polar surface area (TPSA) is 76.1 Å². The Kier molecular flexibility index (Phi) is 4.79. The second kappa shape index (κ2) is 6.97. The van der Waals surface area contributed by atoms with E-state index in [0.29, 0.717) is 11.9 Å². The average molecular weight is 305 g/mol. The van der Waals surface area contributed by atoms with Crippen LogP contribution in [0.3, 0.4) is 0 Å². The van der Waals surface area contributed by atoms with Crippen molar-refractivity contribution in [2.24, 2.45) is 0 Å². The zero-order valence-electron chi connectivity index (χ0n) is 13.2. The fourth-order valence-electron chi connectivity index (χ4n) is 2.93. The zero-order valence-corrected chi connectivity index (χ0v) is 13.2. The summed E-state index contributed by atoms with van der Waals surface area (Å²) in [5.74, 6) is 1.41. The monoisotopic (exact) mass is 305 g/mol. The Bertz CT molecular complexity index is 568. The summed E-state index contributed by atoms with van der Waals surface area (Å²) in [5, 5.41) is 8.14. The van der Waals surface area contributed by atoms with Gasteiger partial charge in [-0.3, -0.25) is 9.58 Å². The summed E-state index contributed by atoms with van der Waals surface area (Å²) < 4.78 is 6.92. The van der Waals surface area contributed by atoms with Crippen LogP contribution < -0.4 is 0 Å². The summed E-state index contributed by atoms with van der Waals surface area (Å²) in [5.41, 5.74) is 0. The van der Waals surface area contributed by atoms with Crippen LogP contribution in [0.2, 0.25) is 0 Å². The number of piperidine rings is 1. The van der Waals surface area contributed by atoms with Gasteiger partial charge in [0.1, 0.15) is 12.7 Å². The van der Waals surface area contributed by atoms with Gasteiger partial charge in [-0.2, -0.15) is 10.1 Å². The van der Waals surface area contributed by atoms with Gasteiger partial charge in [-0.1, -0.05) is 5.16 Å². The van der Waals surface area contributed by atoms with Crippen molar-refractivity contribution in [1.82, 2.24) is 34.7 Å². The molecule has 0 aromatic carbocycles. The van der Waals surface area contributed by atoms with E-state index in [-0.39, 0.29) is 0 Å². The highest BCUT2D eigenvalue weighted by Crippen LogP contribution is 2.16. The van der Waals surface area contributed by atoms with Crippen LogP contribution in [0.25, 0.3) is 0 Å². The van der Waals surface area contributed by atoms with Crippen molar-refractivity contribution in [1.29, 1.82) is 0 Å². The molecule has 0 aliphatic carbocycles. The van der Waals surface area contributed by atoms with E-state index in [1.165, 1.54) is 12.8 Å². The van der Waals surface area contributed by atoms with Crippen molar-refractivity contribution in [3.05, 3.63) is 24.4 Å². The SMILES string of the molecule is Cc1nc(CN2CCCC(N(C)CCn3cncn3)C2)no1. The van der Waals surface area contributed by atoms with Gasteiger partial charge >= 0.3 is 0 Å². The fraction of sp³-hybridized carbons (Fsp3) is 0.714. The largest absolute Gasteiger partial charge is 0.340 e. The van der Waals surface area contributed by atoms with Gasteiger partial charge in [0.05, 0.1) is 13.1 Å².